The van der Waals surface area contributed by atoms with E-state index in [1.165, 1.54) is 45.1 Å². The Morgan fingerprint density at radius 1 is 1.10 bits per heavy atom. The number of hydrogen-bond donors (Lipinski definition) is 2. The van der Waals surface area contributed by atoms with E-state index in [-0.39, 0.29) is 5.82 Å². The van der Waals surface area contributed by atoms with Gasteiger partial charge in [-0.3, -0.25) is 0 Å². The first-order valence-corrected chi connectivity index (χ1v) is 8.55. The summed E-state index contributed by atoms with van der Waals surface area (Å²) in [5.41, 5.74) is 0.829. The fraction of sp³-hybridized carbons (Fsp3) is 0.667. The molecule has 1 aromatic carbocycles. The van der Waals surface area contributed by atoms with Crippen molar-refractivity contribution in [1.82, 2.24) is 10.6 Å². The number of hydrogen-bond acceptors (Lipinski definition) is 2. The van der Waals surface area contributed by atoms with Crippen LogP contribution in [-0.4, -0.2) is 25.2 Å². The predicted octanol–water partition coefficient (Wildman–Crippen LogP) is 3.27. The maximum Gasteiger partial charge on any atom is 0.126 e. The van der Waals surface area contributed by atoms with E-state index in [1.54, 1.807) is 12.1 Å². The lowest BCUT2D eigenvalue weighted by Gasteiger charge is -2.33. The summed E-state index contributed by atoms with van der Waals surface area (Å²) in [5.74, 6) is 0.696. The van der Waals surface area contributed by atoms with Gasteiger partial charge in [-0.2, -0.15) is 0 Å². The lowest BCUT2D eigenvalue weighted by atomic mass is 9.88. The minimum absolute atomic E-state index is 0.0729. The molecule has 2 nitrogen and oxygen atoms in total. The van der Waals surface area contributed by atoms with E-state index >= 15 is 0 Å². The summed E-state index contributed by atoms with van der Waals surface area (Å²) in [6.07, 6.45) is 8.77. The van der Waals surface area contributed by atoms with Crippen molar-refractivity contribution in [3.8, 4) is 0 Å². The lowest BCUT2D eigenvalue weighted by molar-refractivity contribution is 0.258. The molecule has 1 saturated carbocycles. The highest BCUT2D eigenvalue weighted by Crippen LogP contribution is 2.31. The van der Waals surface area contributed by atoms with E-state index < -0.39 is 0 Å². The van der Waals surface area contributed by atoms with Crippen LogP contribution in [0, 0.1) is 11.7 Å². The van der Waals surface area contributed by atoms with Crippen molar-refractivity contribution in [1.29, 1.82) is 0 Å². The van der Waals surface area contributed by atoms with Crippen molar-refractivity contribution in [3.05, 3.63) is 35.6 Å². The van der Waals surface area contributed by atoms with Gasteiger partial charge in [-0.1, -0.05) is 31.0 Å². The SMILES string of the molecule is Fc1ccccc1CCNC1CCCC1C1CCCCN1. The molecule has 2 aliphatic rings. The molecular weight excluding hydrogens is 263 g/mol. The van der Waals surface area contributed by atoms with Crippen LogP contribution in [0.3, 0.4) is 0 Å². The Hall–Kier alpha value is -0.930. The molecule has 1 aromatic rings. The summed E-state index contributed by atoms with van der Waals surface area (Å²) in [7, 11) is 0. The van der Waals surface area contributed by atoms with Crippen molar-refractivity contribution in [2.24, 2.45) is 5.92 Å². The molecule has 0 radical (unpaired) electrons. The van der Waals surface area contributed by atoms with Crippen LogP contribution in [0.1, 0.15) is 44.1 Å². The van der Waals surface area contributed by atoms with Crippen molar-refractivity contribution in [2.75, 3.05) is 13.1 Å². The molecule has 1 aliphatic carbocycles. The Morgan fingerprint density at radius 2 is 2.00 bits per heavy atom. The topological polar surface area (TPSA) is 24.1 Å². The van der Waals surface area contributed by atoms with E-state index in [4.69, 9.17) is 0 Å². The van der Waals surface area contributed by atoms with Gasteiger partial charge in [-0.05, 0) is 62.7 Å². The molecule has 0 amide bonds. The maximum absolute atomic E-state index is 13.6. The smallest absolute Gasteiger partial charge is 0.126 e. The first-order chi connectivity index (χ1) is 10.3. The highest BCUT2D eigenvalue weighted by Gasteiger charge is 2.33. The molecule has 3 rings (SSSR count). The molecule has 0 bridgehead atoms. The fourth-order valence-electron chi connectivity index (χ4n) is 4.06. The highest BCUT2D eigenvalue weighted by atomic mass is 19.1. The molecule has 3 unspecified atom stereocenters. The molecule has 0 spiro atoms. The summed E-state index contributed by atoms with van der Waals surface area (Å²) in [5, 5.41) is 7.41. The lowest BCUT2D eigenvalue weighted by Crippen LogP contribution is -2.47. The van der Waals surface area contributed by atoms with Crippen molar-refractivity contribution in [2.45, 2.75) is 57.0 Å². The molecule has 2 fully saturated rings. The van der Waals surface area contributed by atoms with Crippen LogP contribution in [0.2, 0.25) is 0 Å². The molecular formula is C18H27FN2. The first kappa shape index (κ1) is 15.0. The monoisotopic (exact) mass is 290 g/mol. The second-order valence-electron chi connectivity index (χ2n) is 6.55. The summed E-state index contributed by atoms with van der Waals surface area (Å²) < 4.78 is 13.6. The molecule has 1 aliphatic heterocycles. The minimum atomic E-state index is -0.0729. The highest BCUT2D eigenvalue weighted by molar-refractivity contribution is 5.17. The van der Waals surface area contributed by atoms with Crippen LogP contribution in [0.5, 0.6) is 0 Å². The third kappa shape index (κ3) is 3.83. The van der Waals surface area contributed by atoms with Gasteiger partial charge in [0.2, 0.25) is 0 Å². The normalized spacial score (nSPS) is 29.7. The van der Waals surface area contributed by atoms with Crippen LogP contribution in [0.25, 0.3) is 0 Å². The van der Waals surface area contributed by atoms with Gasteiger partial charge >= 0.3 is 0 Å². The third-order valence-electron chi connectivity index (χ3n) is 5.19. The third-order valence-corrected chi connectivity index (χ3v) is 5.19. The fourth-order valence-corrected chi connectivity index (χ4v) is 4.06. The van der Waals surface area contributed by atoms with Gasteiger partial charge in [-0.25, -0.2) is 4.39 Å². The zero-order valence-electron chi connectivity index (χ0n) is 12.8. The Kier molecular flexibility index (Phi) is 5.26. The van der Waals surface area contributed by atoms with Crippen LogP contribution in [0.4, 0.5) is 4.39 Å². The number of halogens is 1. The average Bonchev–Trinajstić information content (AvgIpc) is 2.99. The van der Waals surface area contributed by atoms with Crippen molar-refractivity contribution >= 4 is 0 Å². The second-order valence-corrected chi connectivity index (χ2v) is 6.55. The molecule has 3 atom stereocenters. The van der Waals surface area contributed by atoms with Crippen molar-refractivity contribution < 1.29 is 4.39 Å². The largest absolute Gasteiger partial charge is 0.314 e. The molecule has 1 heterocycles. The van der Waals surface area contributed by atoms with E-state index in [9.17, 15) is 4.39 Å². The van der Waals surface area contributed by atoms with Gasteiger partial charge in [0, 0.05) is 12.1 Å². The Labute approximate surface area is 127 Å². The van der Waals surface area contributed by atoms with Gasteiger partial charge in [0.25, 0.3) is 0 Å². The van der Waals surface area contributed by atoms with Crippen LogP contribution >= 0.6 is 0 Å². The van der Waals surface area contributed by atoms with Crippen LogP contribution in [-0.2, 0) is 6.42 Å². The molecule has 0 aromatic heterocycles. The van der Waals surface area contributed by atoms with Gasteiger partial charge in [-0.15, -0.1) is 0 Å². The number of piperidine rings is 1. The zero-order valence-corrected chi connectivity index (χ0v) is 12.8. The molecule has 21 heavy (non-hydrogen) atoms. The zero-order chi connectivity index (χ0) is 14.5. The maximum atomic E-state index is 13.6. The van der Waals surface area contributed by atoms with Crippen LogP contribution < -0.4 is 10.6 Å². The van der Waals surface area contributed by atoms with E-state index in [0.29, 0.717) is 12.1 Å². The second kappa shape index (κ2) is 7.37. The summed E-state index contributed by atoms with van der Waals surface area (Å²) >= 11 is 0. The van der Waals surface area contributed by atoms with E-state index in [1.807, 2.05) is 12.1 Å². The Balaban J connectivity index is 1.49. The first-order valence-electron chi connectivity index (χ1n) is 8.55. The molecule has 3 heteroatoms. The standard InChI is InChI=1S/C18H27FN2/c19-16-8-2-1-6-14(16)11-13-21-18-10-5-7-15(18)17-9-3-4-12-20-17/h1-2,6,8,15,17-18,20-21H,3-5,7,9-13H2. The summed E-state index contributed by atoms with van der Waals surface area (Å²) in [6, 6.07) is 8.45. The summed E-state index contributed by atoms with van der Waals surface area (Å²) in [4.78, 5) is 0. The predicted molar refractivity (Wildman–Crippen MR) is 84.9 cm³/mol. The molecule has 116 valence electrons. The molecule has 2 N–H and O–H groups in total. The average molecular weight is 290 g/mol. The minimum Gasteiger partial charge on any atom is -0.314 e. The van der Waals surface area contributed by atoms with E-state index in [0.717, 1.165) is 24.4 Å². The van der Waals surface area contributed by atoms with Crippen molar-refractivity contribution in [3.63, 3.8) is 0 Å². The van der Waals surface area contributed by atoms with E-state index in [2.05, 4.69) is 10.6 Å². The summed E-state index contributed by atoms with van der Waals surface area (Å²) in [6.45, 7) is 2.07. The Morgan fingerprint density at radius 3 is 2.81 bits per heavy atom. The van der Waals surface area contributed by atoms with Gasteiger partial charge < -0.3 is 10.6 Å². The van der Waals surface area contributed by atoms with Crippen LogP contribution in [0.15, 0.2) is 24.3 Å². The Bertz CT molecular complexity index is 443. The number of benzene rings is 1. The number of rotatable bonds is 5. The number of nitrogens with one attached hydrogen (secondary N) is 2. The van der Waals surface area contributed by atoms with Gasteiger partial charge in [0.1, 0.15) is 5.82 Å². The van der Waals surface area contributed by atoms with Gasteiger partial charge in [0.05, 0.1) is 0 Å². The quantitative estimate of drug-likeness (QED) is 0.869. The van der Waals surface area contributed by atoms with Gasteiger partial charge in [0.15, 0.2) is 0 Å². The molecule has 1 saturated heterocycles.